The minimum Gasteiger partial charge on any atom is -0.369 e. The first kappa shape index (κ1) is 12.7. The Balaban J connectivity index is 2.11. The lowest BCUT2D eigenvalue weighted by molar-refractivity contribution is 0.815. The normalized spacial score (nSPS) is 11.1. The van der Waals surface area contributed by atoms with Crippen molar-refractivity contribution in [2.75, 3.05) is 5.73 Å². The quantitative estimate of drug-likeness (QED) is 0.793. The molecular formula is C16H18N4. The summed E-state index contributed by atoms with van der Waals surface area (Å²) in [6, 6.07) is 10.4. The number of anilines is 1. The number of pyridine rings is 1. The highest BCUT2D eigenvalue weighted by molar-refractivity contribution is 5.77. The average molecular weight is 266 g/mol. The van der Waals surface area contributed by atoms with Crippen molar-refractivity contribution in [1.29, 1.82) is 0 Å². The Labute approximate surface area is 118 Å². The lowest BCUT2D eigenvalue weighted by Crippen LogP contribution is -2.07. The second-order valence-electron chi connectivity index (χ2n) is 4.98. The van der Waals surface area contributed by atoms with Gasteiger partial charge in [-0.15, -0.1) is 0 Å². The molecule has 2 N–H and O–H groups in total. The smallest absolute Gasteiger partial charge is 0.202 e. The number of aromatic nitrogens is 3. The lowest BCUT2D eigenvalue weighted by atomic mass is 10.1. The summed E-state index contributed by atoms with van der Waals surface area (Å²) in [4.78, 5) is 8.88. The monoisotopic (exact) mass is 266 g/mol. The summed E-state index contributed by atoms with van der Waals surface area (Å²) in [5.41, 5.74) is 11.5. The molecule has 0 saturated carbocycles. The summed E-state index contributed by atoms with van der Waals surface area (Å²) in [5.74, 6) is 0.521. The number of nitrogen functional groups attached to an aromatic ring is 1. The number of rotatable bonds is 3. The van der Waals surface area contributed by atoms with Gasteiger partial charge in [-0.3, -0.25) is 4.57 Å². The molecule has 4 heteroatoms. The van der Waals surface area contributed by atoms with Crippen LogP contribution in [0.2, 0.25) is 0 Å². The maximum Gasteiger partial charge on any atom is 0.202 e. The Hall–Kier alpha value is -2.36. The van der Waals surface area contributed by atoms with E-state index in [1.807, 2.05) is 17.6 Å². The minimum atomic E-state index is 0.521. The molecule has 3 rings (SSSR count). The number of imidazole rings is 1. The van der Waals surface area contributed by atoms with Crippen LogP contribution in [0.4, 0.5) is 5.95 Å². The topological polar surface area (TPSA) is 56.7 Å². The molecule has 0 bridgehead atoms. The van der Waals surface area contributed by atoms with E-state index in [0.717, 1.165) is 23.1 Å². The van der Waals surface area contributed by atoms with Gasteiger partial charge < -0.3 is 5.73 Å². The molecule has 0 radical (unpaired) electrons. The molecule has 102 valence electrons. The maximum atomic E-state index is 6.07. The van der Waals surface area contributed by atoms with Gasteiger partial charge in [-0.2, -0.15) is 0 Å². The number of nitrogens with zero attached hydrogens (tertiary/aromatic N) is 3. The van der Waals surface area contributed by atoms with Crippen molar-refractivity contribution in [2.24, 2.45) is 0 Å². The van der Waals surface area contributed by atoms with Gasteiger partial charge in [0, 0.05) is 6.20 Å². The Morgan fingerprint density at radius 3 is 2.65 bits per heavy atom. The van der Waals surface area contributed by atoms with Crippen molar-refractivity contribution in [3.63, 3.8) is 0 Å². The van der Waals surface area contributed by atoms with Crippen LogP contribution in [0.1, 0.15) is 23.6 Å². The Kier molecular flexibility index (Phi) is 3.14. The van der Waals surface area contributed by atoms with E-state index in [9.17, 15) is 0 Å². The number of hydrogen-bond donors (Lipinski definition) is 1. The molecular weight excluding hydrogens is 248 g/mol. The SMILES string of the molecule is CCc1ccccc1Cn1c(N)nc2c(C)ccnc21. The average Bonchev–Trinajstić information content (AvgIpc) is 2.78. The number of fused-ring (bicyclic) bond motifs is 1. The second-order valence-corrected chi connectivity index (χ2v) is 4.98. The van der Waals surface area contributed by atoms with Gasteiger partial charge in [-0.25, -0.2) is 9.97 Å². The number of hydrogen-bond acceptors (Lipinski definition) is 3. The van der Waals surface area contributed by atoms with Gasteiger partial charge in [0.15, 0.2) is 5.65 Å². The number of benzene rings is 1. The predicted octanol–water partition coefficient (Wildman–Crippen LogP) is 2.93. The molecule has 0 unspecified atom stereocenters. The van der Waals surface area contributed by atoms with E-state index in [2.05, 4.69) is 41.2 Å². The molecule has 2 heterocycles. The molecule has 0 atom stereocenters. The van der Waals surface area contributed by atoms with E-state index < -0.39 is 0 Å². The third-order valence-electron chi connectivity index (χ3n) is 3.69. The largest absolute Gasteiger partial charge is 0.369 e. The fourth-order valence-electron chi connectivity index (χ4n) is 2.54. The molecule has 3 aromatic rings. The Bertz CT molecular complexity index is 758. The highest BCUT2D eigenvalue weighted by Gasteiger charge is 2.12. The third kappa shape index (κ3) is 2.03. The molecule has 2 aromatic heterocycles. The van der Waals surface area contributed by atoms with Gasteiger partial charge in [0.2, 0.25) is 5.95 Å². The fourth-order valence-corrected chi connectivity index (χ4v) is 2.54. The van der Waals surface area contributed by atoms with Gasteiger partial charge in [0.25, 0.3) is 0 Å². The van der Waals surface area contributed by atoms with Crippen LogP contribution in [-0.2, 0) is 13.0 Å². The van der Waals surface area contributed by atoms with Crippen molar-refractivity contribution < 1.29 is 0 Å². The molecule has 0 spiro atoms. The van der Waals surface area contributed by atoms with Gasteiger partial charge in [0.1, 0.15) is 5.52 Å². The number of aryl methyl sites for hydroxylation is 2. The molecule has 0 amide bonds. The highest BCUT2D eigenvalue weighted by Crippen LogP contribution is 2.21. The molecule has 0 aliphatic carbocycles. The van der Waals surface area contributed by atoms with Crippen LogP contribution < -0.4 is 5.73 Å². The van der Waals surface area contributed by atoms with E-state index in [1.54, 1.807) is 6.20 Å². The summed E-state index contributed by atoms with van der Waals surface area (Å²) in [5, 5.41) is 0. The first-order chi connectivity index (χ1) is 9.70. The standard InChI is InChI=1S/C16H18N4/c1-3-12-6-4-5-7-13(12)10-20-15-14(19-16(20)17)11(2)8-9-18-15/h4-9H,3,10H2,1-2H3,(H2,17,19). The van der Waals surface area contributed by atoms with Crippen LogP contribution in [0.15, 0.2) is 36.5 Å². The predicted molar refractivity (Wildman–Crippen MR) is 81.6 cm³/mol. The summed E-state index contributed by atoms with van der Waals surface area (Å²) in [7, 11) is 0. The van der Waals surface area contributed by atoms with E-state index in [0.29, 0.717) is 12.5 Å². The molecule has 0 fully saturated rings. The van der Waals surface area contributed by atoms with E-state index in [4.69, 9.17) is 5.73 Å². The number of nitrogens with two attached hydrogens (primary N) is 1. The summed E-state index contributed by atoms with van der Waals surface area (Å²) in [6.45, 7) is 4.90. The molecule has 0 saturated heterocycles. The van der Waals surface area contributed by atoms with Crippen LogP contribution >= 0.6 is 0 Å². The minimum absolute atomic E-state index is 0.521. The summed E-state index contributed by atoms with van der Waals surface area (Å²) in [6.07, 6.45) is 2.82. The van der Waals surface area contributed by atoms with Gasteiger partial charge in [0.05, 0.1) is 6.54 Å². The fraction of sp³-hybridized carbons (Fsp3) is 0.250. The Morgan fingerprint density at radius 1 is 1.15 bits per heavy atom. The van der Waals surface area contributed by atoms with Crippen molar-refractivity contribution in [3.05, 3.63) is 53.2 Å². The van der Waals surface area contributed by atoms with Crippen molar-refractivity contribution in [1.82, 2.24) is 14.5 Å². The van der Waals surface area contributed by atoms with Gasteiger partial charge in [-0.05, 0) is 36.1 Å². The van der Waals surface area contributed by atoms with Gasteiger partial charge >= 0.3 is 0 Å². The molecule has 0 aliphatic rings. The van der Waals surface area contributed by atoms with Gasteiger partial charge in [-0.1, -0.05) is 31.2 Å². The van der Waals surface area contributed by atoms with Crippen molar-refractivity contribution in [3.8, 4) is 0 Å². The van der Waals surface area contributed by atoms with E-state index >= 15 is 0 Å². The van der Waals surface area contributed by atoms with Crippen molar-refractivity contribution in [2.45, 2.75) is 26.8 Å². The summed E-state index contributed by atoms with van der Waals surface area (Å²) < 4.78 is 1.98. The van der Waals surface area contributed by atoms with E-state index in [-0.39, 0.29) is 0 Å². The lowest BCUT2D eigenvalue weighted by Gasteiger charge is -2.10. The van der Waals surface area contributed by atoms with E-state index in [1.165, 1.54) is 11.1 Å². The zero-order chi connectivity index (χ0) is 14.1. The molecule has 4 nitrogen and oxygen atoms in total. The van der Waals surface area contributed by atoms with Crippen LogP contribution in [0.5, 0.6) is 0 Å². The second kappa shape index (κ2) is 4.96. The van der Waals surface area contributed by atoms with Crippen LogP contribution in [-0.4, -0.2) is 14.5 Å². The van der Waals surface area contributed by atoms with Crippen LogP contribution in [0, 0.1) is 6.92 Å². The zero-order valence-electron chi connectivity index (χ0n) is 11.8. The van der Waals surface area contributed by atoms with Crippen LogP contribution in [0.3, 0.4) is 0 Å². The first-order valence-corrected chi connectivity index (χ1v) is 6.84. The zero-order valence-corrected chi connectivity index (χ0v) is 11.8. The Morgan fingerprint density at radius 2 is 1.90 bits per heavy atom. The maximum absolute atomic E-state index is 6.07. The van der Waals surface area contributed by atoms with Crippen molar-refractivity contribution >= 4 is 17.1 Å². The third-order valence-corrected chi connectivity index (χ3v) is 3.69. The summed E-state index contributed by atoms with van der Waals surface area (Å²) >= 11 is 0. The molecule has 1 aromatic carbocycles. The first-order valence-electron chi connectivity index (χ1n) is 6.84. The molecule has 0 aliphatic heterocycles. The molecule has 20 heavy (non-hydrogen) atoms. The highest BCUT2D eigenvalue weighted by atomic mass is 15.2. The van der Waals surface area contributed by atoms with Crippen LogP contribution in [0.25, 0.3) is 11.2 Å².